The van der Waals surface area contributed by atoms with E-state index in [9.17, 15) is 4.79 Å². The van der Waals surface area contributed by atoms with Gasteiger partial charge in [-0.15, -0.1) is 0 Å². The van der Waals surface area contributed by atoms with E-state index in [0.29, 0.717) is 5.57 Å². The van der Waals surface area contributed by atoms with E-state index < -0.39 is 5.97 Å². The monoisotopic (exact) mass is 205 g/mol. The van der Waals surface area contributed by atoms with Crippen molar-refractivity contribution in [1.82, 2.24) is 4.98 Å². The Balaban J connectivity index is 3.17. The zero-order chi connectivity index (χ0) is 11.3. The molecular formula is C12H15NO2. The van der Waals surface area contributed by atoms with Crippen LogP contribution in [0.2, 0.25) is 0 Å². The van der Waals surface area contributed by atoms with Gasteiger partial charge in [0.15, 0.2) is 0 Å². The molecule has 0 saturated heterocycles. The van der Waals surface area contributed by atoms with Gasteiger partial charge in [-0.2, -0.15) is 0 Å². The SMILES string of the molecule is C/C=C(/C(=O)O)c1ccncc1CCC. The van der Waals surface area contributed by atoms with E-state index in [4.69, 9.17) is 5.11 Å². The van der Waals surface area contributed by atoms with Gasteiger partial charge in [0, 0.05) is 12.4 Å². The van der Waals surface area contributed by atoms with Crippen molar-refractivity contribution in [2.75, 3.05) is 0 Å². The van der Waals surface area contributed by atoms with E-state index in [1.54, 1.807) is 31.5 Å². The molecule has 0 aromatic carbocycles. The zero-order valence-corrected chi connectivity index (χ0v) is 9.03. The Morgan fingerprint density at radius 2 is 2.33 bits per heavy atom. The maximum Gasteiger partial charge on any atom is 0.335 e. The van der Waals surface area contributed by atoms with Crippen molar-refractivity contribution < 1.29 is 9.90 Å². The van der Waals surface area contributed by atoms with Crippen LogP contribution in [0.1, 0.15) is 31.4 Å². The van der Waals surface area contributed by atoms with E-state index >= 15 is 0 Å². The third-order valence-electron chi connectivity index (χ3n) is 2.23. The van der Waals surface area contributed by atoms with Crippen molar-refractivity contribution in [3.05, 3.63) is 35.7 Å². The van der Waals surface area contributed by atoms with Gasteiger partial charge in [-0.25, -0.2) is 4.79 Å². The van der Waals surface area contributed by atoms with Crippen LogP contribution in [0, 0.1) is 0 Å². The van der Waals surface area contributed by atoms with Crippen molar-refractivity contribution >= 4 is 11.5 Å². The highest BCUT2D eigenvalue weighted by atomic mass is 16.4. The van der Waals surface area contributed by atoms with E-state index in [1.807, 2.05) is 0 Å². The molecule has 0 fully saturated rings. The number of rotatable bonds is 4. The topological polar surface area (TPSA) is 50.2 Å². The number of carbonyl (C=O) groups is 1. The molecule has 3 nitrogen and oxygen atoms in total. The molecule has 0 saturated carbocycles. The molecule has 0 aliphatic heterocycles. The molecule has 0 spiro atoms. The van der Waals surface area contributed by atoms with E-state index in [1.165, 1.54) is 0 Å². The lowest BCUT2D eigenvalue weighted by Crippen LogP contribution is -2.03. The molecule has 0 bridgehead atoms. The molecule has 1 aromatic rings. The molecular weight excluding hydrogens is 190 g/mol. The summed E-state index contributed by atoms with van der Waals surface area (Å²) in [4.78, 5) is 15.0. The van der Waals surface area contributed by atoms with E-state index in [-0.39, 0.29) is 0 Å². The summed E-state index contributed by atoms with van der Waals surface area (Å²) >= 11 is 0. The average Bonchev–Trinajstić information content (AvgIpc) is 2.21. The number of hydrogen-bond acceptors (Lipinski definition) is 2. The molecule has 1 aromatic heterocycles. The minimum absolute atomic E-state index is 0.348. The number of carboxylic acids is 1. The van der Waals surface area contributed by atoms with Crippen LogP contribution in [-0.2, 0) is 11.2 Å². The molecule has 0 atom stereocenters. The van der Waals surface area contributed by atoms with Gasteiger partial charge < -0.3 is 5.11 Å². The fourth-order valence-corrected chi connectivity index (χ4v) is 1.55. The number of hydrogen-bond donors (Lipinski definition) is 1. The molecule has 0 amide bonds. The lowest BCUT2D eigenvalue weighted by molar-refractivity contribution is -0.130. The second kappa shape index (κ2) is 5.29. The van der Waals surface area contributed by atoms with Crippen LogP contribution in [0.15, 0.2) is 24.5 Å². The number of nitrogens with zero attached hydrogens (tertiary/aromatic N) is 1. The number of carboxylic acid groups (broad SMARTS) is 1. The molecule has 1 heterocycles. The number of pyridine rings is 1. The first-order valence-electron chi connectivity index (χ1n) is 5.03. The highest BCUT2D eigenvalue weighted by Gasteiger charge is 2.12. The summed E-state index contributed by atoms with van der Waals surface area (Å²) in [6.45, 7) is 3.80. The van der Waals surface area contributed by atoms with Gasteiger partial charge in [0.05, 0.1) is 5.57 Å². The number of aliphatic carboxylic acids is 1. The standard InChI is InChI=1S/C12H15NO2/c1-3-5-9-8-13-7-6-11(9)10(4-2)12(14)15/h4,6-8H,3,5H2,1-2H3,(H,14,15)/b10-4+. The Morgan fingerprint density at radius 1 is 1.60 bits per heavy atom. The van der Waals surface area contributed by atoms with Crippen molar-refractivity contribution in [1.29, 1.82) is 0 Å². The first-order valence-corrected chi connectivity index (χ1v) is 5.03. The van der Waals surface area contributed by atoms with Crippen LogP contribution in [0.4, 0.5) is 0 Å². The van der Waals surface area contributed by atoms with E-state index in [2.05, 4.69) is 11.9 Å². The van der Waals surface area contributed by atoms with Gasteiger partial charge in [0.1, 0.15) is 0 Å². The van der Waals surface area contributed by atoms with Crippen molar-refractivity contribution in [2.45, 2.75) is 26.7 Å². The van der Waals surface area contributed by atoms with Crippen molar-refractivity contribution in [2.24, 2.45) is 0 Å². The highest BCUT2D eigenvalue weighted by Crippen LogP contribution is 2.19. The van der Waals surface area contributed by atoms with E-state index in [0.717, 1.165) is 24.0 Å². The second-order valence-electron chi connectivity index (χ2n) is 3.29. The van der Waals surface area contributed by atoms with Crippen LogP contribution in [0.25, 0.3) is 5.57 Å². The lowest BCUT2D eigenvalue weighted by Gasteiger charge is -2.07. The average molecular weight is 205 g/mol. The largest absolute Gasteiger partial charge is 0.478 e. The Hall–Kier alpha value is -1.64. The molecule has 80 valence electrons. The normalized spacial score (nSPS) is 11.5. The third kappa shape index (κ3) is 2.65. The predicted molar refractivity (Wildman–Crippen MR) is 59.5 cm³/mol. The summed E-state index contributed by atoms with van der Waals surface area (Å²) in [6.07, 6.45) is 6.83. The molecule has 1 rings (SSSR count). The molecule has 3 heteroatoms. The summed E-state index contributed by atoms with van der Waals surface area (Å²) in [5.41, 5.74) is 2.12. The van der Waals surface area contributed by atoms with Gasteiger partial charge in [0.2, 0.25) is 0 Å². The summed E-state index contributed by atoms with van der Waals surface area (Å²) in [6, 6.07) is 1.76. The maximum absolute atomic E-state index is 11.0. The fraction of sp³-hybridized carbons (Fsp3) is 0.333. The molecule has 0 aliphatic rings. The van der Waals surface area contributed by atoms with Gasteiger partial charge in [-0.1, -0.05) is 19.4 Å². The number of aromatic nitrogens is 1. The first-order chi connectivity index (χ1) is 7.20. The maximum atomic E-state index is 11.0. The Morgan fingerprint density at radius 3 is 2.87 bits per heavy atom. The highest BCUT2D eigenvalue weighted by molar-refractivity contribution is 6.15. The Bertz CT molecular complexity index is 383. The molecule has 0 aliphatic carbocycles. The second-order valence-corrected chi connectivity index (χ2v) is 3.29. The van der Waals surface area contributed by atoms with Gasteiger partial charge in [0.25, 0.3) is 0 Å². The Kier molecular flexibility index (Phi) is 4.03. The van der Waals surface area contributed by atoms with Gasteiger partial charge in [-0.05, 0) is 30.5 Å². The number of aryl methyl sites for hydroxylation is 1. The van der Waals surface area contributed by atoms with Crippen LogP contribution in [0.3, 0.4) is 0 Å². The van der Waals surface area contributed by atoms with Crippen LogP contribution in [0.5, 0.6) is 0 Å². The van der Waals surface area contributed by atoms with Gasteiger partial charge >= 0.3 is 5.97 Å². The minimum Gasteiger partial charge on any atom is -0.478 e. The summed E-state index contributed by atoms with van der Waals surface area (Å²) in [5.74, 6) is -0.888. The third-order valence-corrected chi connectivity index (χ3v) is 2.23. The van der Waals surface area contributed by atoms with Crippen LogP contribution in [-0.4, -0.2) is 16.1 Å². The molecule has 0 radical (unpaired) electrons. The summed E-state index contributed by atoms with van der Waals surface area (Å²) in [5, 5.41) is 9.03. The minimum atomic E-state index is -0.888. The van der Waals surface area contributed by atoms with Crippen LogP contribution < -0.4 is 0 Å². The number of allylic oxidation sites excluding steroid dienone is 1. The van der Waals surface area contributed by atoms with Crippen molar-refractivity contribution in [3.63, 3.8) is 0 Å². The van der Waals surface area contributed by atoms with Crippen LogP contribution >= 0.6 is 0 Å². The zero-order valence-electron chi connectivity index (χ0n) is 9.03. The summed E-state index contributed by atoms with van der Waals surface area (Å²) < 4.78 is 0. The van der Waals surface area contributed by atoms with Crippen molar-refractivity contribution in [3.8, 4) is 0 Å². The molecule has 0 unspecified atom stereocenters. The Labute approximate surface area is 89.5 Å². The quantitative estimate of drug-likeness (QED) is 0.768. The molecule has 15 heavy (non-hydrogen) atoms. The lowest BCUT2D eigenvalue weighted by atomic mass is 9.99. The molecule has 1 N–H and O–H groups in total. The van der Waals surface area contributed by atoms with Gasteiger partial charge in [-0.3, -0.25) is 4.98 Å². The summed E-state index contributed by atoms with van der Waals surface area (Å²) in [7, 11) is 0. The first kappa shape index (κ1) is 11.4. The smallest absolute Gasteiger partial charge is 0.335 e. The fourth-order valence-electron chi connectivity index (χ4n) is 1.55. The predicted octanol–water partition coefficient (Wildman–Crippen LogP) is 2.52.